The van der Waals surface area contributed by atoms with Crippen molar-refractivity contribution in [2.75, 3.05) is 13.0 Å². The maximum absolute atomic E-state index is 11.5. The van der Waals surface area contributed by atoms with Crippen molar-refractivity contribution in [1.82, 2.24) is 4.90 Å². The summed E-state index contributed by atoms with van der Waals surface area (Å²) in [5.74, 6) is -2.12. The van der Waals surface area contributed by atoms with Crippen LogP contribution in [0.1, 0.15) is 0 Å². The normalized spacial score (nSPS) is 20.2. The van der Waals surface area contributed by atoms with E-state index < -0.39 is 23.1 Å². The van der Waals surface area contributed by atoms with E-state index in [9.17, 15) is 9.59 Å². The fourth-order valence-corrected chi connectivity index (χ4v) is 2.16. The van der Waals surface area contributed by atoms with E-state index in [0.717, 1.165) is 16.7 Å². The average Bonchev–Trinajstić information content (AvgIpc) is 2.66. The van der Waals surface area contributed by atoms with Gasteiger partial charge in [0.2, 0.25) is 11.6 Å². The van der Waals surface area contributed by atoms with Crippen LogP contribution in [0, 0.1) is 0 Å². The molecule has 1 aliphatic heterocycles. The summed E-state index contributed by atoms with van der Waals surface area (Å²) in [5, 5.41) is 13.7. The summed E-state index contributed by atoms with van der Waals surface area (Å²) in [6, 6.07) is 0. The van der Waals surface area contributed by atoms with E-state index in [1.165, 1.54) is 12.5 Å². The van der Waals surface area contributed by atoms with Crippen molar-refractivity contribution in [2.24, 2.45) is 10.9 Å². The quantitative estimate of drug-likeness (QED) is 0.425. The first-order chi connectivity index (χ1) is 8.02. The minimum Gasteiger partial charge on any atom is -0.476 e. The van der Waals surface area contributed by atoms with Gasteiger partial charge in [-0.15, -0.1) is 11.6 Å². The van der Waals surface area contributed by atoms with Crippen molar-refractivity contribution in [3.63, 3.8) is 0 Å². The number of aliphatic carboxylic acids is 1. The molecule has 0 aliphatic carbocycles. The first-order valence-corrected chi connectivity index (χ1v) is 5.84. The Morgan fingerprint density at radius 2 is 2.41 bits per heavy atom. The maximum Gasteiger partial charge on any atom is 0.360 e. The number of nitrogens with zero attached hydrogens (tertiary/aromatic N) is 2. The molecule has 0 aromatic carbocycles. The second-order valence-corrected chi connectivity index (χ2v) is 4.11. The molecule has 0 saturated carbocycles. The molecule has 17 heavy (non-hydrogen) atoms. The minimum absolute atomic E-state index is 0.0718. The third kappa shape index (κ3) is 2.90. The van der Waals surface area contributed by atoms with Gasteiger partial charge < -0.3 is 15.7 Å². The van der Waals surface area contributed by atoms with Crippen LogP contribution in [0.4, 0.5) is 0 Å². The highest BCUT2D eigenvalue weighted by Crippen LogP contribution is 2.29. The Morgan fingerprint density at radius 1 is 1.76 bits per heavy atom. The molecule has 0 aromatic heterocycles. The summed E-state index contributed by atoms with van der Waals surface area (Å²) in [6.07, 6.45) is 0. The molecule has 9 heteroatoms. The average molecular weight is 280 g/mol. The summed E-state index contributed by atoms with van der Waals surface area (Å²) in [4.78, 5) is 28.0. The number of carbonyl (C=O) groups is 2. The third-order valence-electron chi connectivity index (χ3n) is 1.84. The number of rotatable bonds is 4. The molecule has 3 N–H and O–H groups in total. The highest BCUT2D eigenvalue weighted by atomic mass is 35.5. The number of thioether (sulfide) groups is 1. The SMILES string of the molecule is CO/N=C(\C(=O)O)C1=CSC(N)N1C(=O)CCl. The predicted molar refractivity (Wildman–Crippen MR) is 63.3 cm³/mol. The smallest absolute Gasteiger partial charge is 0.360 e. The van der Waals surface area contributed by atoms with Crippen LogP contribution in [0.5, 0.6) is 0 Å². The Hall–Kier alpha value is -1.25. The highest BCUT2D eigenvalue weighted by molar-refractivity contribution is 8.02. The number of halogens is 1. The number of alkyl halides is 1. The zero-order chi connectivity index (χ0) is 13.0. The number of hydrogen-bond acceptors (Lipinski definition) is 6. The third-order valence-corrected chi connectivity index (χ3v) is 2.92. The van der Waals surface area contributed by atoms with E-state index in [0.29, 0.717) is 0 Å². The Kier molecular flexibility index (Phi) is 4.79. The summed E-state index contributed by atoms with van der Waals surface area (Å²) in [7, 11) is 1.21. The molecule has 1 aliphatic rings. The lowest BCUT2D eigenvalue weighted by molar-refractivity contribution is -0.129. The number of oxime groups is 1. The predicted octanol–water partition coefficient (Wildman–Crippen LogP) is -0.0287. The number of amides is 1. The van der Waals surface area contributed by atoms with E-state index >= 15 is 0 Å². The van der Waals surface area contributed by atoms with Crippen molar-refractivity contribution in [1.29, 1.82) is 0 Å². The number of carboxylic acids is 1. The van der Waals surface area contributed by atoms with Crippen LogP contribution in [0.3, 0.4) is 0 Å². The summed E-state index contributed by atoms with van der Waals surface area (Å²) in [6.45, 7) is 0. The summed E-state index contributed by atoms with van der Waals surface area (Å²) >= 11 is 6.51. The Morgan fingerprint density at radius 3 is 2.88 bits per heavy atom. The van der Waals surface area contributed by atoms with Crippen molar-refractivity contribution in [3.05, 3.63) is 11.1 Å². The number of carboxylic acid groups (broad SMARTS) is 1. The van der Waals surface area contributed by atoms with Gasteiger partial charge in [0.1, 0.15) is 18.5 Å². The zero-order valence-electron chi connectivity index (χ0n) is 8.79. The molecule has 0 radical (unpaired) electrons. The lowest BCUT2D eigenvalue weighted by Crippen LogP contribution is -2.43. The van der Waals surface area contributed by atoms with Crippen molar-refractivity contribution < 1.29 is 19.5 Å². The van der Waals surface area contributed by atoms with Gasteiger partial charge in [-0.05, 0) is 0 Å². The van der Waals surface area contributed by atoms with Crippen LogP contribution in [-0.4, -0.2) is 46.1 Å². The molecule has 7 nitrogen and oxygen atoms in total. The molecule has 0 fully saturated rings. The lowest BCUT2D eigenvalue weighted by Gasteiger charge is -2.22. The molecular formula is C8H10ClN3O4S. The van der Waals surface area contributed by atoms with Gasteiger partial charge in [-0.2, -0.15) is 0 Å². The molecule has 1 atom stereocenters. The number of nitrogens with two attached hydrogens (primary N) is 1. The van der Waals surface area contributed by atoms with Gasteiger partial charge >= 0.3 is 5.97 Å². The molecule has 1 amide bonds. The van der Waals surface area contributed by atoms with Crippen LogP contribution < -0.4 is 5.73 Å². The van der Waals surface area contributed by atoms with Crippen molar-refractivity contribution in [2.45, 2.75) is 5.50 Å². The largest absolute Gasteiger partial charge is 0.476 e. The summed E-state index contributed by atoms with van der Waals surface area (Å²) < 4.78 is 0. The molecular weight excluding hydrogens is 270 g/mol. The van der Waals surface area contributed by atoms with Crippen LogP contribution in [0.15, 0.2) is 16.3 Å². The minimum atomic E-state index is -1.32. The van der Waals surface area contributed by atoms with Crippen LogP contribution in [0.2, 0.25) is 0 Å². The van der Waals surface area contributed by atoms with E-state index in [1.54, 1.807) is 0 Å². The highest BCUT2D eigenvalue weighted by Gasteiger charge is 2.34. The zero-order valence-corrected chi connectivity index (χ0v) is 10.4. The second-order valence-electron chi connectivity index (χ2n) is 2.85. The van der Waals surface area contributed by atoms with Crippen LogP contribution in [0.25, 0.3) is 0 Å². The Labute approximate surface area is 106 Å². The van der Waals surface area contributed by atoms with Gasteiger partial charge in [0.15, 0.2) is 0 Å². The van der Waals surface area contributed by atoms with E-state index in [-0.39, 0.29) is 11.6 Å². The van der Waals surface area contributed by atoms with Gasteiger partial charge in [-0.1, -0.05) is 16.9 Å². The van der Waals surface area contributed by atoms with Crippen molar-refractivity contribution in [3.8, 4) is 0 Å². The Balaban J connectivity index is 3.07. The van der Waals surface area contributed by atoms with Crippen molar-refractivity contribution >= 4 is 41.0 Å². The van der Waals surface area contributed by atoms with Gasteiger partial charge in [0.25, 0.3) is 0 Å². The molecule has 0 spiro atoms. The lowest BCUT2D eigenvalue weighted by atomic mass is 10.2. The fourth-order valence-electron chi connectivity index (χ4n) is 1.19. The second kappa shape index (κ2) is 5.89. The number of carbonyl (C=O) groups excluding carboxylic acids is 1. The Bertz CT molecular complexity index is 398. The molecule has 94 valence electrons. The number of hydrogen-bond donors (Lipinski definition) is 2. The van der Waals surface area contributed by atoms with Gasteiger partial charge in [0.05, 0.1) is 5.70 Å². The first-order valence-electron chi connectivity index (χ1n) is 4.37. The molecule has 0 aromatic rings. The molecule has 0 saturated heterocycles. The topological polar surface area (TPSA) is 105 Å². The summed E-state index contributed by atoms with van der Waals surface area (Å²) in [5.41, 5.74) is 4.61. The van der Waals surface area contributed by atoms with Gasteiger partial charge in [0, 0.05) is 5.41 Å². The first kappa shape index (κ1) is 13.8. The van der Waals surface area contributed by atoms with Crippen LogP contribution >= 0.6 is 23.4 Å². The monoisotopic (exact) mass is 279 g/mol. The fraction of sp³-hybridized carbons (Fsp3) is 0.375. The standard InChI is InChI=1S/C8H10ClN3O4S/c1-16-11-6(7(14)15)4-3-17-8(10)12(4)5(13)2-9/h3,8H,2,10H2,1H3,(H,14,15)/b11-6-. The molecule has 0 bridgehead atoms. The van der Waals surface area contributed by atoms with E-state index in [1.807, 2.05) is 0 Å². The molecule has 1 unspecified atom stereocenters. The molecule has 1 heterocycles. The van der Waals surface area contributed by atoms with Gasteiger partial charge in [-0.3, -0.25) is 9.69 Å². The maximum atomic E-state index is 11.5. The molecule has 1 rings (SSSR count). The van der Waals surface area contributed by atoms with Crippen LogP contribution in [-0.2, 0) is 14.4 Å². The van der Waals surface area contributed by atoms with E-state index in [2.05, 4.69) is 9.99 Å². The van der Waals surface area contributed by atoms with Gasteiger partial charge in [-0.25, -0.2) is 4.79 Å². The van der Waals surface area contributed by atoms with E-state index in [4.69, 9.17) is 22.4 Å².